The van der Waals surface area contributed by atoms with E-state index in [1.165, 1.54) is 6.07 Å². The average Bonchev–Trinajstić information content (AvgIpc) is 3.01. The van der Waals surface area contributed by atoms with Crippen LogP contribution in [-0.4, -0.2) is 24.5 Å². The summed E-state index contributed by atoms with van der Waals surface area (Å²) in [6, 6.07) is 6.74. The molecule has 1 aromatic carbocycles. The third-order valence-corrected chi connectivity index (χ3v) is 4.49. The van der Waals surface area contributed by atoms with Gasteiger partial charge in [-0.05, 0) is 6.07 Å². The normalized spacial score (nSPS) is 12.3. The van der Waals surface area contributed by atoms with Crippen LogP contribution in [0.15, 0.2) is 34.6 Å². The molecule has 0 saturated carbocycles. The molecule has 0 saturated heterocycles. The van der Waals surface area contributed by atoms with Gasteiger partial charge in [-0.15, -0.1) is 11.3 Å². The Morgan fingerprint density at radius 2 is 2.00 bits per heavy atom. The molecule has 1 heterocycles. The zero-order valence-corrected chi connectivity index (χ0v) is 15.5. The number of hydrogen-bond acceptors (Lipinski definition) is 3. The Morgan fingerprint density at radius 3 is 2.62 bits per heavy atom. The van der Waals surface area contributed by atoms with E-state index < -0.39 is 0 Å². The summed E-state index contributed by atoms with van der Waals surface area (Å²) in [5.41, 5.74) is 1.83. The minimum absolute atomic E-state index is 0.0829. The predicted octanol–water partition coefficient (Wildman–Crippen LogP) is 3.49. The van der Waals surface area contributed by atoms with Gasteiger partial charge in [-0.3, -0.25) is 4.99 Å². The SMILES string of the molecule is CN=C(NCCc1nc(C(C)(C)C)cs1)NCc1ccccc1F. The second-order valence-corrected chi connectivity index (χ2v) is 7.51. The topological polar surface area (TPSA) is 49.3 Å². The quantitative estimate of drug-likeness (QED) is 0.642. The van der Waals surface area contributed by atoms with E-state index in [0.29, 0.717) is 18.1 Å². The monoisotopic (exact) mass is 348 g/mol. The maximum absolute atomic E-state index is 13.6. The number of nitrogens with one attached hydrogen (secondary N) is 2. The maximum Gasteiger partial charge on any atom is 0.191 e. The Hall–Kier alpha value is -1.95. The van der Waals surface area contributed by atoms with Crippen LogP contribution in [0.4, 0.5) is 4.39 Å². The van der Waals surface area contributed by atoms with Gasteiger partial charge in [0.1, 0.15) is 5.82 Å². The summed E-state index contributed by atoms with van der Waals surface area (Å²) < 4.78 is 13.6. The smallest absolute Gasteiger partial charge is 0.191 e. The molecule has 0 amide bonds. The van der Waals surface area contributed by atoms with Gasteiger partial charge in [0.25, 0.3) is 0 Å². The fourth-order valence-corrected chi connectivity index (χ4v) is 3.12. The lowest BCUT2D eigenvalue weighted by atomic mass is 9.93. The number of guanidine groups is 1. The summed E-state index contributed by atoms with van der Waals surface area (Å²) >= 11 is 1.69. The number of rotatable bonds is 5. The van der Waals surface area contributed by atoms with E-state index in [2.05, 4.69) is 46.8 Å². The molecule has 24 heavy (non-hydrogen) atoms. The first-order chi connectivity index (χ1) is 11.4. The first-order valence-electron chi connectivity index (χ1n) is 8.03. The van der Waals surface area contributed by atoms with E-state index in [9.17, 15) is 4.39 Å². The summed E-state index contributed by atoms with van der Waals surface area (Å²) in [6.45, 7) is 7.63. The lowest BCUT2D eigenvalue weighted by Crippen LogP contribution is -2.38. The van der Waals surface area contributed by atoms with Crippen LogP contribution in [0.5, 0.6) is 0 Å². The maximum atomic E-state index is 13.6. The first-order valence-corrected chi connectivity index (χ1v) is 8.91. The minimum atomic E-state index is -0.210. The Labute approximate surface area is 147 Å². The van der Waals surface area contributed by atoms with Gasteiger partial charge in [0, 0.05) is 42.9 Å². The van der Waals surface area contributed by atoms with Crippen LogP contribution in [0.1, 0.15) is 37.0 Å². The molecule has 0 bridgehead atoms. The number of benzene rings is 1. The number of aromatic nitrogens is 1. The number of nitrogens with zero attached hydrogens (tertiary/aromatic N) is 2. The highest BCUT2D eigenvalue weighted by molar-refractivity contribution is 7.09. The predicted molar refractivity (Wildman–Crippen MR) is 99.1 cm³/mol. The third-order valence-electron chi connectivity index (χ3n) is 3.58. The zero-order chi connectivity index (χ0) is 17.6. The van der Waals surface area contributed by atoms with E-state index >= 15 is 0 Å². The third kappa shape index (κ3) is 5.30. The van der Waals surface area contributed by atoms with Crippen LogP contribution >= 0.6 is 11.3 Å². The van der Waals surface area contributed by atoms with Gasteiger partial charge in [0.15, 0.2) is 5.96 Å². The van der Waals surface area contributed by atoms with Crippen molar-refractivity contribution in [2.75, 3.05) is 13.6 Å². The molecule has 0 radical (unpaired) electrons. The molecule has 0 aliphatic carbocycles. The second kappa shape index (κ2) is 8.24. The summed E-state index contributed by atoms with van der Waals surface area (Å²) in [6.07, 6.45) is 0.834. The molecule has 6 heteroatoms. The van der Waals surface area contributed by atoms with Crippen molar-refractivity contribution in [1.29, 1.82) is 0 Å². The van der Waals surface area contributed by atoms with E-state index in [1.807, 2.05) is 6.07 Å². The molecule has 4 nitrogen and oxygen atoms in total. The molecule has 2 N–H and O–H groups in total. The molecule has 0 spiro atoms. The molecule has 0 aliphatic rings. The highest BCUT2D eigenvalue weighted by Crippen LogP contribution is 2.23. The lowest BCUT2D eigenvalue weighted by Gasteiger charge is -2.14. The molecule has 130 valence electrons. The van der Waals surface area contributed by atoms with Crippen molar-refractivity contribution in [2.45, 2.75) is 39.2 Å². The standard InChI is InChI=1S/C18H25FN4S/c1-18(2,3)15-12-24-16(23-15)9-10-21-17(20-4)22-11-13-7-5-6-8-14(13)19/h5-8,12H,9-11H2,1-4H3,(H2,20,21,22). The average molecular weight is 348 g/mol. The van der Waals surface area contributed by atoms with Gasteiger partial charge in [-0.1, -0.05) is 39.0 Å². The summed E-state index contributed by atoms with van der Waals surface area (Å²) in [5.74, 6) is 0.448. The van der Waals surface area contributed by atoms with Gasteiger partial charge in [0.05, 0.1) is 10.7 Å². The molecular formula is C18H25FN4S. The molecule has 0 unspecified atom stereocenters. The van der Waals surface area contributed by atoms with E-state index in [0.717, 1.165) is 23.7 Å². The number of aliphatic imine (C=N–C) groups is 1. The highest BCUT2D eigenvalue weighted by Gasteiger charge is 2.17. The second-order valence-electron chi connectivity index (χ2n) is 6.57. The summed E-state index contributed by atoms with van der Waals surface area (Å²) in [5, 5.41) is 9.60. The van der Waals surface area contributed by atoms with Crippen molar-refractivity contribution in [3.05, 3.63) is 51.7 Å². The number of halogens is 1. The Kier molecular flexibility index (Phi) is 6.31. The summed E-state index contributed by atoms with van der Waals surface area (Å²) in [4.78, 5) is 8.84. The molecule has 0 atom stereocenters. The van der Waals surface area contributed by atoms with Crippen LogP contribution in [-0.2, 0) is 18.4 Å². The van der Waals surface area contributed by atoms with Crippen LogP contribution < -0.4 is 10.6 Å². The minimum Gasteiger partial charge on any atom is -0.356 e. The van der Waals surface area contributed by atoms with Gasteiger partial charge < -0.3 is 10.6 Å². The van der Waals surface area contributed by atoms with Crippen LogP contribution in [0.3, 0.4) is 0 Å². The van der Waals surface area contributed by atoms with Gasteiger partial charge in [-0.25, -0.2) is 9.37 Å². The Balaban J connectivity index is 1.80. The Morgan fingerprint density at radius 1 is 1.25 bits per heavy atom. The molecule has 2 aromatic rings. The van der Waals surface area contributed by atoms with Gasteiger partial charge >= 0.3 is 0 Å². The zero-order valence-electron chi connectivity index (χ0n) is 14.7. The largest absolute Gasteiger partial charge is 0.356 e. The van der Waals surface area contributed by atoms with Gasteiger partial charge in [-0.2, -0.15) is 0 Å². The summed E-state index contributed by atoms with van der Waals surface area (Å²) in [7, 11) is 1.71. The first kappa shape index (κ1) is 18.4. The van der Waals surface area contributed by atoms with Crippen molar-refractivity contribution in [2.24, 2.45) is 4.99 Å². The van der Waals surface area contributed by atoms with E-state index in [4.69, 9.17) is 0 Å². The van der Waals surface area contributed by atoms with E-state index in [-0.39, 0.29) is 11.2 Å². The van der Waals surface area contributed by atoms with Crippen LogP contribution in [0, 0.1) is 5.82 Å². The van der Waals surface area contributed by atoms with Gasteiger partial charge in [0.2, 0.25) is 0 Å². The number of thiazole rings is 1. The fraction of sp³-hybridized carbons (Fsp3) is 0.444. The molecule has 1 aromatic heterocycles. The Bertz CT molecular complexity index is 688. The van der Waals surface area contributed by atoms with Crippen molar-refractivity contribution in [3.8, 4) is 0 Å². The van der Waals surface area contributed by atoms with Crippen LogP contribution in [0.25, 0.3) is 0 Å². The number of hydrogen-bond donors (Lipinski definition) is 2. The molecule has 0 aliphatic heterocycles. The molecule has 2 rings (SSSR count). The molecular weight excluding hydrogens is 323 g/mol. The highest BCUT2D eigenvalue weighted by atomic mass is 32.1. The van der Waals surface area contributed by atoms with Crippen molar-refractivity contribution >= 4 is 17.3 Å². The van der Waals surface area contributed by atoms with Crippen molar-refractivity contribution < 1.29 is 4.39 Å². The van der Waals surface area contributed by atoms with Crippen molar-refractivity contribution in [1.82, 2.24) is 15.6 Å². The van der Waals surface area contributed by atoms with Crippen LogP contribution in [0.2, 0.25) is 0 Å². The molecule has 0 fully saturated rings. The lowest BCUT2D eigenvalue weighted by molar-refractivity contribution is 0.570. The van der Waals surface area contributed by atoms with Crippen molar-refractivity contribution in [3.63, 3.8) is 0 Å². The van der Waals surface area contributed by atoms with E-state index in [1.54, 1.807) is 30.5 Å². The fourth-order valence-electron chi connectivity index (χ4n) is 2.10.